The normalized spacial score (nSPS) is 12.8. The van der Waals surface area contributed by atoms with Crippen molar-refractivity contribution in [3.63, 3.8) is 0 Å². The molecule has 0 aromatic heterocycles. The first-order valence-corrected chi connectivity index (χ1v) is 9.51. The maximum atomic E-state index is 12.2. The molecule has 1 N–H and O–H groups in total. The molecule has 0 fully saturated rings. The number of hydrogen-bond donors (Lipinski definition) is 1. The van der Waals surface area contributed by atoms with Gasteiger partial charge in [0.1, 0.15) is 0 Å². The number of benzene rings is 2. The van der Waals surface area contributed by atoms with E-state index in [4.69, 9.17) is 0 Å². The van der Waals surface area contributed by atoms with Gasteiger partial charge in [0.05, 0.1) is 9.72 Å². The molecule has 0 unspecified atom stereocenters. The highest BCUT2D eigenvalue weighted by molar-refractivity contribution is 9.09. The van der Waals surface area contributed by atoms with Gasteiger partial charge in [0.2, 0.25) is 10.0 Å². The van der Waals surface area contributed by atoms with Gasteiger partial charge in [-0.15, -0.1) is 0 Å². The number of ketones is 1. The van der Waals surface area contributed by atoms with Crippen LogP contribution in [0.4, 0.5) is 0 Å². The first kappa shape index (κ1) is 17.8. The molecular weight excluding hydrogens is 378 g/mol. The summed E-state index contributed by atoms with van der Waals surface area (Å²) in [5.74, 6) is 0.00254. The maximum absolute atomic E-state index is 12.2. The van der Waals surface area contributed by atoms with Crippen LogP contribution in [0, 0.1) is 6.92 Å². The molecule has 0 spiro atoms. The van der Waals surface area contributed by atoms with Crippen LogP contribution in [0.2, 0.25) is 0 Å². The summed E-state index contributed by atoms with van der Waals surface area (Å²) >= 11 is 3.47. The van der Waals surface area contributed by atoms with Crippen LogP contribution in [0.25, 0.3) is 0 Å². The molecule has 0 bridgehead atoms. The average Bonchev–Trinajstić information content (AvgIpc) is 2.53. The molecule has 0 heterocycles. The number of carbonyl (C=O) groups excluding carboxylic acids is 1. The fourth-order valence-corrected chi connectivity index (χ4v) is 3.76. The van der Waals surface area contributed by atoms with Gasteiger partial charge >= 0.3 is 0 Å². The zero-order valence-electron chi connectivity index (χ0n) is 12.9. The van der Waals surface area contributed by atoms with Crippen molar-refractivity contribution < 1.29 is 13.2 Å². The van der Waals surface area contributed by atoms with Crippen LogP contribution < -0.4 is 4.72 Å². The highest BCUT2D eigenvalue weighted by Gasteiger charge is 2.16. The molecule has 2 rings (SSSR count). The number of sulfonamides is 1. The van der Waals surface area contributed by atoms with Crippen molar-refractivity contribution in [1.29, 1.82) is 0 Å². The highest BCUT2D eigenvalue weighted by atomic mass is 79.9. The minimum Gasteiger partial charge on any atom is -0.295 e. The number of halogens is 1. The average molecular weight is 396 g/mol. The second-order valence-electron chi connectivity index (χ2n) is 5.31. The predicted octanol–water partition coefficient (Wildman–Crippen LogP) is 3.61. The van der Waals surface area contributed by atoms with E-state index in [0.29, 0.717) is 5.56 Å². The summed E-state index contributed by atoms with van der Waals surface area (Å²) in [4.78, 5) is 11.3. The molecule has 4 nitrogen and oxygen atoms in total. The first-order chi connectivity index (χ1) is 10.8. The molecule has 1 atom stereocenters. The number of rotatable bonds is 6. The van der Waals surface area contributed by atoms with Gasteiger partial charge in [0.15, 0.2) is 5.78 Å². The van der Waals surface area contributed by atoms with Gasteiger partial charge in [-0.2, -0.15) is 0 Å². The molecule has 0 saturated heterocycles. The fraction of sp³-hybridized carbons (Fsp3) is 0.235. The van der Waals surface area contributed by atoms with E-state index in [1.165, 1.54) is 6.92 Å². The van der Waals surface area contributed by atoms with Crippen molar-refractivity contribution in [2.45, 2.75) is 23.6 Å². The minimum absolute atomic E-state index is 0.00254. The Kier molecular flexibility index (Phi) is 5.73. The number of hydrogen-bond acceptors (Lipinski definition) is 3. The standard InChI is InChI=1S/C17H18BrNO3S/c1-12-3-9-16(10-4-12)23(21,22)19-11-17(18)15-7-5-14(6-8-15)13(2)20/h3-10,17,19H,11H2,1-2H3/t17-/m1/s1. The fourth-order valence-electron chi connectivity index (χ4n) is 2.03. The number of carbonyl (C=O) groups is 1. The Bertz CT molecular complexity index is 784. The van der Waals surface area contributed by atoms with Crippen molar-refractivity contribution in [2.24, 2.45) is 0 Å². The molecule has 2 aromatic rings. The predicted molar refractivity (Wildman–Crippen MR) is 94.5 cm³/mol. The Balaban J connectivity index is 2.04. The Morgan fingerprint density at radius 2 is 1.65 bits per heavy atom. The van der Waals surface area contributed by atoms with Gasteiger partial charge in [-0.05, 0) is 31.5 Å². The molecule has 0 aliphatic heterocycles. The Morgan fingerprint density at radius 3 is 2.17 bits per heavy atom. The van der Waals surface area contributed by atoms with Gasteiger partial charge in [-0.25, -0.2) is 13.1 Å². The van der Waals surface area contributed by atoms with Crippen LogP contribution >= 0.6 is 15.9 Å². The zero-order chi connectivity index (χ0) is 17.0. The van der Waals surface area contributed by atoms with Crippen molar-refractivity contribution in [3.8, 4) is 0 Å². The van der Waals surface area contributed by atoms with Crippen LogP contribution in [-0.4, -0.2) is 20.7 Å². The number of nitrogens with one attached hydrogen (secondary N) is 1. The summed E-state index contributed by atoms with van der Waals surface area (Å²) < 4.78 is 27.1. The number of alkyl halides is 1. The van der Waals surface area contributed by atoms with E-state index in [0.717, 1.165) is 11.1 Å². The Hall–Kier alpha value is -1.50. The summed E-state index contributed by atoms with van der Waals surface area (Å²) in [7, 11) is -3.54. The van der Waals surface area contributed by atoms with Crippen molar-refractivity contribution >= 4 is 31.7 Å². The third kappa shape index (κ3) is 4.73. The summed E-state index contributed by atoms with van der Waals surface area (Å²) in [6, 6.07) is 13.8. The minimum atomic E-state index is -3.54. The lowest BCUT2D eigenvalue weighted by Crippen LogP contribution is -2.27. The van der Waals surface area contributed by atoms with Crippen molar-refractivity contribution in [2.75, 3.05) is 6.54 Å². The highest BCUT2D eigenvalue weighted by Crippen LogP contribution is 2.23. The van der Waals surface area contributed by atoms with E-state index in [1.807, 2.05) is 19.1 Å². The molecule has 0 saturated carbocycles. The monoisotopic (exact) mass is 395 g/mol. The van der Waals surface area contributed by atoms with E-state index < -0.39 is 10.0 Å². The summed E-state index contributed by atoms with van der Waals surface area (Å²) in [6.07, 6.45) is 0. The summed E-state index contributed by atoms with van der Waals surface area (Å²) in [6.45, 7) is 3.63. The number of aryl methyl sites for hydroxylation is 1. The van der Waals surface area contributed by atoms with Crippen LogP contribution in [0.3, 0.4) is 0 Å². The quantitative estimate of drug-likeness (QED) is 0.599. The van der Waals surface area contributed by atoms with Gasteiger partial charge in [-0.1, -0.05) is 57.9 Å². The smallest absolute Gasteiger partial charge is 0.240 e. The number of Topliss-reactive ketones (excluding diaryl/α,β-unsaturated/α-hetero) is 1. The molecule has 6 heteroatoms. The topological polar surface area (TPSA) is 63.2 Å². The van der Waals surface area contributed by atoms with Gasteiger partial charge in [0, 0.05) is 12.1 Å². The van der Waals surface area contributed by atoms with E-state index in [2.05, 4.69) is 20.7 Å². The van der Waals surface area contributed by atoms with E-state index in [9.17, 15) is 13.2 Å². The van der Waals surface area contributed by atoms with Crippen LogP contribution in [0.1, 0.15) is 33.2 Å². The first-order valence-electron chi connectivity index (χ1n) is 7.11. The molecule has 122 valence electrons. The van der Waals surface area contributed by atoms with Crippen LogP contribution in [-0.2, 0) is 10.0 Å². The third-order valence-electron chi connectivity index (χ3n) is 3.46. The lowest BCUT2D eigenvalue weighted by atomic mass is 10.1. The van der Waals surface area contributed by atoms with Gasteiger partial charge in [0.25, 0.3) is 0 Å². The lowest BCUT2D eigenvalue weighted by molar-refractivity contribution is 0.101. The second-order valence-corrected chi connectivity index (χ2v) is 8.18. The molecule has 23 heavy (non-hydrogen) atoms. The Labute approximate surface area is 145 Å². The molecular formula is C17H18BrNO3S. The summed E-state index contributed by atoms with van der Waals surface area (Å²) in [5.41, 5.74) is 2.54. The molecule has 0 radical (unpaired) electrons. The largest absolute Gasteiger partial charge is 0.295 e. The maximum Gasteiger partial charge on any atom is 0.240 e. The SMILES string of the molecule is CC(=O)c1ccc([C@H](Br)CNS(=O)(=O)c2ccc(C)cc2)cc1. The van der Waals surface area contributed by atoms with E-state index in [1.54, 1.807) is 36.4 Å². The van der Waals surface area contributed by atoms with E-state index in [-0.39, 0.29) is 22.1 Å². The van der Waals surface area contributed by atoms with Crippen LogP contribution in [0.5, 0.6) is 0 Å². The Morgan fingerprint density at radius 1 is 1.09 bits per heavy atom. The third-order valence-corrected chi connectivity index (χ3v) is 5.75. The molecule has 0 aliphatic rings. The molecule has 2 aromatic carbocycles. The van der Waals surface area contributed by atoms with Crippen LogP contribution in [0.15, 0.2) is 53.4 Å². The second kappa shape index (κ2) is 7.38. The van der Waals surface area contributed by atoms with Gasteiger partial charge < -0.3 is 0 Å². The van der Waals surface area contributed by atoms with Crippen molar-refractivity contribution in [3.05, 3.63) is 65.2 Å². The van der Waals surface area contributed by atoms with Gasteiger partial charge in [-0.3, -0.25) is 4.79 Å². The summed E-state index contributed by atoms with van der Waals surface area (Å²) in [5, 5.41) is 0. The molecule has 0 aliphatic carbocycles. The molecule has 0 amide bonds. The lowest BCUT2D eigenvalue weighted by Gasteiger charge is -2.12. The zero-order valence-corrected chi connectivity index (χ0v) is 15.3. The van der Waals surface area contributed by atoms with Crippen molar-refractivity contribution in [1.82, 2.24) is 4.72 Å². The van der Waals surface area contributed by atoms with E-state index >= 15 is 0 Å².